The summed E-state index contributed by atoms with van der Waals surface area (Å²) in [4.78, 5) is 0. The lowest BCUT2D eigenvalue weighted by atomic mass is 10.4. The fourth-order valence-electron chi connectivity index (χ4n) is 11.5. The van der Waals surface area contributed by atoms with Crippen molar-refractivity contribution in [1.82, 2.24) is 0 Å². The predicted octanol–water partition coefficient (Wildman–Crippen LogP) is 7.49. The largest absolute Gasteiger partial charge is 0.515 e. The van der Waals surface area contributed by atoms with Gasteiger partial charge >= 0.3 is 61.6 Å². The molecular weight excluding hydrogens is 1270 g/mol. The molecule has 22 heteroatoms. The van der Waals surface area contributed by atoms with E-state index in [2.05, 4.69) is 75.7 Å². The molecule has 3 saturated heterocycles. The van der Waals surface area contributed by atoms with Crippen LogP contribution >= 0.6 is 0 Å². The first-order valence-corrected chi connectivity index (χ1v) is 50.3. The maximum Gasteiger partial charge on any atom is 0.515 e. The molecule has 3 heterocycles. The molecular formula is C66H68O12Si10. The average molecular weight is 1330 g/mol. The van der Waals surface area contributed by atoms with Crippen LogP contribution in [0.25, 0.3) is 0 Å². The Balaban J connectivity index is 1.25. The van der Waals surface area contributed by atoms with Crippen LogP contribution in [-0.2, 0) is 49.4 Å². The first-order chi connectivity index (χ1) is 42.5. The summed E-state index contributed by atoms with van der Waals surface area (Å²) in [7, 11) is -45.0. The molecule has 12 nitrogen and oxygen atoms in total. The van der Waals surface area contributed by atoms with E-state index in [0.29, 0.717) is 36.3 Å². The third-order valence-corrected chi connectivity index (χ3v) is 57.0. The van der Waals surface area contributed by atoms with Gasteiger partial charge in [-0.1, -0.05) is 303 Å². The van der Waals surface area contributed by atoms with E-state index in [1.807, 2.05) is 267 Å². The summed E-state index contributed by atoms with van der Waals surface area (Å²) < 4.78 is 103. The molecule has 3 aliphatic heterocycles. The van der Waals surface area contributed by atoms with Crippen LogP contribution < -0.4 is 51.9 Å². The topological polar surface area (TPSA) is 111 Å². The molecule has 3 aliphatic rings. The van der Waals surface area contributed by atoms with E-state index in [4.69, 9.17) is 49.4 Å². The normalized spacial score (nSPS) is 26.6. The van der Waals surface area contributed by atoms with Gasteiger partial charge in [0.05, 0.1) is 0 Å². The summed E-state index contributed by atoms with van der Waals surface area (Å²) in [5.74, 6) is 0. The van der Waals surface area contributed by atoms with Gasteiger partial charge in [-0.3, -0.25) is 0 Å². The summed E-state index contributed by atoms with van der Waals surface area (Å²) in [5.41, 5.74) is 0. The maximum absolute atomic E-state index is 8.67. The highest BCUT2D eigenvalue weighted by atomic mass is 28.6. The van der Waals surface area contributed by atoms with Gasteiger partial charge in [0.25, 0.3) is 0 Å². The molecule has 88 heavy (non-hydrogen) atoms. The van der Waals surface area contributed by atoms with Crippen molar-refractivity contribution in [3.05, 3.63) is 303 Å². The molecule has 0 amide bonds. The zero-order chi connectivity index (χ0) is 60.6. The molecule has 3 fully saturated rings. The Morgan fingerprint density at radius 1 is 0.193 bits per heavy atom. The highest BCUT2D eigenvalue weighted by Gasteiger charge is 2.81. The second-order valence-electron chi connectivity index (χ2n) is 23.3. The highest BCUT2D eigenvalue weighted by Crippen LogP contribution is 2.45. The Hall–Kier alpha value is -6.11. The Labute approximate surface area is 526 Å². The summed E-state index contributed by atoms with van der Waals surface area (Å²) in [6.07, 6.45) is 0. The average Bonchev–Trinajstić information content (AvgIpc) is 0.708. The number of fused-ring (bicyclic) bond motifs is 3. The standard InChI is InChI=1S/C66H68O12Si10/c1-79(2,57-37-17-7-18-38-57)67-82(60-43-23-10-24-44-60)70-85(63-49-29-13-30-50-63)72-83(61-45-25-11-26-46-61,68-80(3,4)58-39-19-8-20-40-58)74-87(65-53-33-15-34-54-65)75-84(62-47-27-12-28-48-62,69-81(5,6)59-41-21-9-22-42-59)73-86(71-82,64-51-31-14-32-52-64)77-88(76-85,78-87)66-55-35-16-36-56-66/h7-56H,1-6H3. The lowest BCUT2D eigenvalue weighted by Gasteiger charge is -2.59. The molecule has 0 atom stereocenters. The SMILES string of the molecule is C[Si](C)(O[Si]1(c2ccccc2)O[Si]2(c3ccccc3)O[Si](O[Si](C)(C)c3ccccc3)(c3ccccc3)O[Si]3(c4ccccc4)O[Si](O[Si](C)(C)c4ccccc4)(c4ccccc4)O[Si](c4ccccc4)(O1)O[Si](c1ccccc1)(O2)O3)c1ccccc1. The molecule has 10 aromatic carbocycles. The lowest BCUT2D eigenvalue weighted by molar-refractivity contribution is 0.0388. The number of benzene rings is 10. The minimum absolute atomic E-state index is 0.548. The van der Waals surface area contributed by atoms with Crippen molar-refractivity contribution in [2.45, 2.75) is 39.3 Å². The van der Waals surface area contributed by atoms with Gasteiger partial charge < -0.3 is 49.4 Å². The van der Waals surface area contributed by atoms with E-state index in [9.17, 15) is 0 Å². The van der Waals surface area contributed by atoms with E-state index >= 15 is 0 Å². The summed E-state index contributed by atoms with van der Waals surface area (Å²) in [6, 6.07) is 99.9. The van der Waals surface area contributed by atoms with E-state index < -0.39 is 86.6 Å². The predicted molar refractivity (Wildman–Crippen MR) is 367 cm³/mol. The molecule has 13 rings (SSSR count). The van der Waals surface area contributed by atoms with Crippen molar-refractivity contribution in [2.75, 3.05) is 0 Å². The quantitative estimate of drug-likeness (QED) is 0.0896. The first kappa shape index (κ1) is 60.8. The third-order valence-electron chi connectivity index (χ3n) is 15.9. The molecule has 0 aromatic heterocycles. The fraction of sp³-hybridized carbons (Fsp3) is 0.0909. The van der Waals surface area contributed by atoms with Gasteiger partial charge in [-0.2, -0.15) is 0 Å². The molecule has 0 aliphatic carbocycles. The Morgan fingerprint density at radius 2 is 0.341 bits per heavy atom. The number of hydrogen-bond donors (Lipinski definition) is 0. The summed E-state index contributed by atoms with van der Waals surface area (Å²) >= 11 is 0. The van der Waals surface area contributed by atoms with E-state index in [1.165, 1.54) is 0 Å². The van der Waals surface area contributed by atoms with Crippen molar-refractivity contribution >= 4 is 138 Å². The van der Waals surface area contributed by atoms with Gasteiger partial charge in [-0.15, -0.1) is 0 Å². The summed E-state index contributed by atoms with van der Waals surface area (Å²) in [5, 5.41) is 6.97. The van der Waals surface area contributed by atoms with Crippen LogP contribution in [0.1, 0.15) is 0 Å². The minimum atomic E-state index is -5.06. The molecule has 0 radical (unpaired) electrons. The lowest BCUT2D eigenvalue weighted by Crippen LogP contribution is -2.92. The zero-order valence-corrected chi connectivity index (χ0v) is 59.8. The third kappa shape index (κ3) is 11.7. The Morgan fingerprint density at radius 3 is 0.523 bits per heavy atom. The zero-order valence-electron chi connectivity index (χ0n) is 49.8. The van der Waals surface area contributed by atoms with Crippen molar-refractivity contribution in [3.8, 4) is 0 Å². The van der Waals surface area contributed by atoms with Crippen LogP contribution in [0.2, 0.25) is 39.3 Å². The second kappa shape index (κ2) is 24.3. The van der Waals surface area contributed by atoms with Crippen molar-refractivity contribution in [3.63, 3.8) is 0 Å². The van der Waals surface area contributed by atoms with Crippen LogP contribution in [0.15, 0.2) is 303 Å². The smallest absolute Gasteiger partial charge is 0.409 e. The molecule has 0 N–H and O–H groups in total. The van der Waals surface area contributed by atoms with E-state index in [1.54, 1.807) is 0 Å². The van der Waals surface area contributed by atoms with Crippen molar-refractivity contribution in [1.29, 1.82) is 0 Å². The van der Waals surface area contributed by atoms with Gasteiger partial charge in [-0.05, 0) is 54.8 Å². The minimum Gasteiger partial charge on any atom is -0.409 e. The van der Waals surface area contributed by atoms with Crippen LogP contribution in [0.5, 0.6) is 0 Å². The van der Waals surface area contributed by atoms with Crippen LogP contribution in [0, 0.1) is 0 Å². The second-order valence-corrected chi connectivity index (χ2v) is 55.7. The summed E-state index contributed by atoms with van der Waals surface area (Å²) in [6.45, 7) is 13.0. The van der Waals surface area contributed by atoms with Crippen LogP contribution in [0.4, 0.5) is 0 Å². The highest BCUT2D eigenvalue weighted by molar-refractivity contribution is 7.12. The van der Waals surface area contributed by atoms with E-state index in [-0.39, 0.29) is 0 Å². The first-order valence-electron chi connectivity index (χ1n) is 29.5. The molecule has 444 valence electrons. The molecule has 0 saturated carbocycles. The molecule has 10 aromatic rings. The van der Waals surface area contributed by atoms with Gasteiger partial charge in [0.1, 0.15) is 0 Å². The van der Waals surface area contributed by atoms with Crippen LogP contribution in [-0.4, -0.2) is 86.6 Å². The van der Waals surface area contributed by atoms with Gasteiger partial charge in [-0.25, -0.2) is 0 Å². The van der Waals surface area contributed by atoms with Gasteiger partial charge in [0.15, 0.2) is 0 Å². The van der Waals surface area contributed by atoms with Crippen molar-refractivity contribution in [2.24, 2.45) is 0 Å². The number of hydrogen-bond acceptors (Lipinski definition) is 12. The van der Waals surface area contributed by atoms with Gasteiger partial charge in [0, 0.05) is 36.3 Å². The van der Waals surface area contributed by atoms with Crippen molar-refractivity contribution < 1.29 is 49.4 Å². The van der Waals surface area contributed by atoms with E-state index in [0.717, 1.165) is 15.6 Å². The molecule has 0 unspecified atom stereocenters. The Kier molecular flexibility index (Phi) is 16.8. The Bertz CT molecular complexity index is 3550. The number of rotatable bonds is 16. The van der Waals surface area contributed by atoms with Gasteiger partial charge in [0.2, 0.25) is 25.0 Å². The van der Waals surface area contributed by atoms with Crippen LogP contribution in [0.3, 0.4) is 0 Å². The monoisotopic (exact) mass is 1330 g/mol. The fourth-order valence-corrected chi connectivity index (χ4v) is 62.1. The molecule has 0 spiro atoms. The maximum atomic E-state index is 8.67. The molecule has 4 bridgehead atoms.